The Kier molecular flexibility index (Phi) is 11.9. The van der Waals surface area contributed by atoms with E-state index in [9.17, 15) is 9.90 Å². The van der Waals surface area contributed by atoms with Crippen LogP contribution in [0, 0.1) is 5.92 Å². The number of hydrogen-bond acceptors (Lipinski definition) is 5. The summed E-state index contributed by atoms with van der Waals surface area (Å²) in [7, 11) is 0. The Balaban J connectivity index is 1.52. The molecule has 4 aromatic carbocycles. The van der Waals surface area contributed by atoms with Crippen molar-refractivity contribution < 1.29 is 28.8 Å². The molecular formula is C34H36O6. The van der Waals surface area contributed by atoms with Crippen molar-refractivity contribution in [2.75, 3.05) is 13.2 Å². The Labute approximate surface area is 236 Å². The Hall–Kier alpha value is -3.81. The van der Waals surface area contributed by atoms with Gasteiger partial charge in [-0.1, -0.05) is 121 Å². The van der Waals surface area contributed by atoms with E-state index in [1.165, 1.54) is 0 Å². The van der Waals surface area contributed by atoms with Gasteiger partial charge in [-0.15, -0.1) is 0 Å². The molecule has 3 atom stereocenters. The topological polar surface area (TPSA) is 74.2 Å². The molecule has 1 N–H and O–H groups in total. The van der Waals surface area contributed by atoms with Gasteiger partial charge in [0, 0.05) is 0 Å². The maximum Gasteiger partial charge on any atom is 0.311 e. The molecule has 0 bridgehead atoms. The number of ether oxygens (including phenoxy) is 4. The van der Waals surface area contributed by atoms with Gasteiger partial charge in [0.25, 0.3) is 0 Å². The molecule has 0 saturated heterocycles. The van der Waals surface area contributed by atoms with Crippen LogP contribution in [0.1, 0.15) is 22.3 Å². The zero-order valence-corrected chi connectivity index (χ0v) is 22.5. The molecule has 6 heteroatoms. The number of aliphatic carboxylic acids is 1. The van der Waals surface area contributed by atoms with Crippen LogP contribution in [0.25, 0.3) is 0 Å². The van der Waals surface area contributed by atoms with E-state index in [2.05, 4.69) is 0 Å². The molecule has 0 aromatic heterocycles. The highest BCUT2D eigenvalue weighted by atomic mass is 16.6. The van der Waals surface area contributed by atoms with E-state index in [4.69, 9.17) is 18.9 Å². The maximum atomic E-state index is 12.6. The number of carbonyl (C=O) groups is 1. The first-order valence-electron chi connectivity index (χ1n) is 13.5. The lowest BCUT2D eigenvalue weighted by Crippen LogP contribution is -2.45. The van der Waals surface area contributed by atoms with Crippen molar-refractivity contribution >= 4 is 5.97 Å². The summed E-state index contributed by atoms with van der Waals surface area (Å²) in [6.45, 7) is 1.33. The van der Waals surface area contributed by atoms with Gasteiger partial charge < -0.3 is 24.1 Å². The van der Waals surface area contributed by atoms with Crippen LogP contribution in [-0.2, 0) is 50.2 Å². The van der Waals surface area contributed by atoms with Crippen LogP contribution in [-0.4, -0.2) is 36.5 Å². The van der Waals surface area contributed by atoms with Gasteiger partial charge in [0.05, 0.1) is 39.6 Å². The molecule has 208 valence electrons. The molecule has 0 heterocycles. The van der Waals surface area contributed by atoms with Crippen molar-refractivity contribution in [3.63, 3.8) is 0 Å². The Morgan fingerprint density at radius 2 is 0.900 bits per heavy atom. The average molecular weight is 541 g/mol. The van der Waals surface area contributed by atoms with Gasteiger partial charge in [0.1, 0.15) is 18.1 Å². The third-order valence-corrected chi connectivity index (χ3v) is 6.48. The zero-order chi connectivity index (χ0) is 27.8. The zero-order valence-electron chi connectivity index (χ0n) is 22.5. The molecule has 0 saturated carbocycles. The first-order valence-corrected chi connectivity index (χ1v) is 13.5. The first-order chi connectivity index (χ1) is 19.7. The second-order valence-electron chi connectivity index (χ2n) is 9.54. The van der Waals surface area contributed by atoms with E-state index in [0.717, 1.165) is 22.3 Å². The minimum absolute atomic E-state index is 0.0342. The van der Waals surface area contributed by atoms with Crippen molar-refractivity contribution in [2.24, 2.45) is 5.92 Å². The average Bonchev–Trinajstić information content (AvgIpc) is 3.00. The highest BCUT2D eigenvalue weighted by Crippen LogP contribution is 2.22. The lowest BCUT2D eigenvalue weighted by Gasteiger charge is -2.32. The fourth-order valence-corrected chi connectivity index (χ4v) is 4.32. The Morgan fingerprint density at radius 1 is 0.525 bits per heavy atom. The molecule has 40 heavy (non-hydrogen) atoms. The number of carboxylic acid groups (broad SMARTS) is 1. The minimum Gasteiger partial charge on any atom is -0.481 e. The molecule has 0 aliphatic rings. The summed E-state index contributed by atoms with van der Waals surface area (Å²) in [6.07, 6.45) is -1.48. The van der Waals surface area contributed by atoms with Crippen molar-refractivity contribution in [3.8, 4) is 0 Å². The Morgan fingerprint density at radius 3 is 1.32 bits per heavy atom. The number of hydrogen-bond donors (Lipinski definition) is 1. The molecular weight excluding hydrogens is 504 g/mol. The van der Waals surface area contributed by atoms with Crippen LogP contribution in [0.2, 0.25) is 0 Å². The van der Waals surface area contributed by atoms with Gasteiger partial charge in [-0.05, 0) is 22.3 Å². The van der Waals surface area contributed by atoms with Crippen molar-refractivity contribution in [1.29, 1.82) is 0 Å². The van der Waals surface area contributed by atoms with Gasteiger partial charge in [0.2, 0.25) is 0 Å². The molecule has 0 radical (unpaired) electrons. The van der Waals surface area contributed by atoms with E-state index in [0.29, 0.717) is 19.8 Å². The normalized spacial score (nSPS) is 13.4. The van der Waals surface area contributed by atoms with Gasteiger partial charge in [-0.2, -0.15) is 0 Å². The van der Waals surface area contributed by atoms with Crippen LogP contribution in [0.3, 0.4) is 0 Å². The van der Waals surface area contributed by atoms with Crippen molar-refractivity contribution in [2.45, 2.75) is 38.6 Å². The second kappa shape index (κ2) is 16.3. The van der Waals surface area contributed by atoms with Gasteiger partial charge in [-0.25, -0.2) is 0 Å². The molecule has 0 amide bonds. The molecule has 0 aliphatic carbocycles. The third-order valence-electron chi connectivity index (χ3n) is 6.48. The smallest absolute Gasteiger partial charge is 0.311 e. The lowest BCUT2D eigenvalue weighted by molar-refractivity contribution is -0.171. The minimum atomic E-state index is -1.01. The van der Waals surface area contributed by atoms with E-state index in [1.807, 2.05) is 121 Å². The summed E-state index contributed by atoms with van der Waals surface area (Å²) in [5.41, 5.74) is 3.90. The van der Waals surface area contributed by atoms with Crippen LogP contribution >= 0.6 is 0 Å². The van der Waals surface area contributed by atoms with E-state index in [1.54, 1.807) is 0 Å². The van der Waals surface area contributed by atoms with Crippen LogP contribution in [0.15, 0.2) is 121 Å². The Bertz CT molecular complexity index is 1230. The SMILES string of the molecule is O=C(O)[C@H](COCc1ccccc1)[C@H](OCc1ccccc1)[C@@H](COCc1ccccc1)OCc1ccccc1. The highest BCUT2D eigenvalue weighted by molar-refractivity contribution is 5.71. The molecule has 4 aromatic rings. The summed E-state index contributed by atoms with van der Waals surface area (Å²) in [4.78, 5) is 12.6. The number of rotatable bonds is 17. The standard InChI is InChI=1S/C34H36O6/c35-34(36)31(25-37-21-27-13-5-1-6-14-27)33(40-24-30-19-11-4-12-20-30)32(39-23-29-17-9-3-10-18-29)26-38-22-28-15-7-2-8-16-28/h1-20,31-33H,21-26H2,(H,35,36)/t31-,32-,33+/m1/s1. The monoisotopic (exact) mass is 540 g/mol. The predicted octanol–water partition coefficient (Wildman–Crippen LogP) is 6.29. The summed E-state index contributed by atoms with van der Waals surface area (Å²) >= 11 is 0. The number of benzene rings is 4. The van der Waals surface area contributed by atoms with Gasteiger partial charge >= 0.3 is 5.97 Å². The van der Waals surface area contributed by atoms with E-state index >= 15 is 0 Å². The largest absolute Gasteiger partial charge is 0.481 e. The summed E-state index contributed by atoms with van der Waals surface area (Å²) in [5, 5.41) is 10.3. The van der Waals surface area contributed by atoms with Crippen LogP contribution in [0.4, 0.5) is 0 Å². The van der Waals surface area contributed by atoms with E-state index in [-0.39, 0.29) is 19.8 Å². The molecule has 0 fully saturated rings. The predicted molar refractivity (Wildman–Crippen MR) is 153 cm³/mol. The van der Waals surface area contributed by atoms with E-state index < -0.39 is 24.1 Å². The van der Waals surface area contributed by atoms with Crippen molar-refractivity contribution in [3.05, 3.63) is 144 Å². The lowest BCUT2D eigenvalue weighted by atomic mass is 9.98. The third kappa shape index (κ3) is 9.74. The maximum absolute atomic E-state index is 12.6. The first kappa shape index (κ1) is 29.2. The van der Waals surface area contributed by atoms with Crippen LogP contribution in [0.5, 0.6) is 0 Å². The summed E-state index contributed by atoms with van der Waals surface area (Å²) in [5.74, 6) is -1.99. The summed E-state index contributed by atoms with van der Waals surface area (Å²) < 4.78 is 24.7. The van der Waals surface area contributed by atoms with Crippen molar-refractivity contribution in [1.82, 2.24) is 0 Å². The summed E-state index contributed by atoms with van der Waals surface area (Å²) in [6, 6.07) is 39.0. The second-order valence-corrected chi connectivity index (χ2v) is 9.54. The van der Waals surface area contributed by atoms with Gasteiger partial charge in [-0.3, -0.25) is 4.79 Å². The fourth-order valence-electron chi connectivity index (χ4n) is 4.32. The van der Waals surface area contributed by atoms with Gasteiger partial charge in [0.15, 0.2) is 0 Å². The molecule has 0 spiro atoms. The van der Waals surface area contributed by atoms with Crippen LogP contribution < -0.4 is 0 Å². The number of carboxylic acids is 1. The molecule has 0 aliphatic heterocycles. The molecule has 4 rings (SSSR count). The molecule has 6 nitrogen and oxygen atoms in total. The fraction of sp³-hybridized carbons (Fsp3) is 0.265. The highest BCUT2D eigenvalue weighted by Gasteiger charge is 2.37. The quantitative estimate of drug-likeness (QED) is 0.170. The molecule has 0 unspecified atom stereocenters.